The van der Waals surface area contributed by atoms with E-state index in [9.17, 15) is 0 Å². The van der Waals surface area contributed by atoms with E-state index in [2.05, 4.69) is 149 Å². The van der Waals surface area contributed by atoms with Crippen molar-refractivity contribution < 1.29 is 0 Å². The fourth-order valence-electron chi connectivity index (χ4n) is 8.72. The molecule has 0 aromatic heterocycles. The molecule has 0 amide bonds. The summed E-state index contributed by atoms with van der Waals surface area (Å²) in [5.74, 6) is 0.360. The smallest absolute Gasteiger partial charge is 0.0209 e. The molecule has 42 heavy (non-hydrogen) atoms. The third-order valence-electron chi connectivity index (χ3n) is 10.0. The van der Waals surface area contributed by atoms with E-state index in [1.54, 1.807) is 32.7 Å². The number of hydrogen-bond acceptors (Lipinski definition) is 0. The van der Waals surface area contributed by atoms with Crippen LogP contribution in [0.3, 0.4) is 0 Å². The van der Waals surface area contributed by atoms with Gasteiger partial charge in [0.15, 0.2) is 0 Å². The van der Waals surface area contributed by atoms with E-state index in [1.165, 1.54) is 39.3 Å². The van der Waals surface area contributed by atoms with E-state index < -0.39 is 7.92 Å². The van der Waals surface area contributed by atoms with Crippen molar-refractivity contribution in [2.24, 2.45) is 16.7 Å². The highest BCUT2D eigenvalue weighted by Crippen LogP contribution is 2.86. The van der Waals surface area contributed by atoms with Gasteiger partial charge in [0.25, 0.3) is 0 Å². The zero-order chi connectivity index (χ0) is 28.6. The van der Waals surface area contributed by atoms with Crippen LogP contribution in [0.5, 0.6) is 0 Å². The van der Waals surface area contributed by atoms with E-state index in [0.717, 1.165) is 0 Å². The zero-order valence-electron chi connectivity index (χ0n) is 24.8. The molecule has 0 N–H and O–H groups in total. The summed E-state index contributed by atoms with van der Waals surface area (Å²) >= 11 is 0. The normalized spacial score (nSPS) is 26.4. The lowest BCUT2D eigenvalue weighted by atomic mass is 9.62. The van der Waals surface area contributed by atoms with Crippen molar-refractivity contribution in [3.63, 3.8) is 0 Å². The largest absolute Gasteiger partial charge is 0.0622 e. The van der Waals surface area contributed by atoms with Crippen molar-refractivity contribution in [1.29, 1.82) is 0 Å². The van der Waals surface area contributed by atoms with Gasteiger partial charge >= 0.3 is 0 Å². The highest BCUT2D eigenvalue weighted by Gasteiger charge is 2.62. The Morgan fingerprint density at radius 1 is 0.595 bits per heavy atom. The summed E-state index contributed by atoms with van der Waals surface area (Å²) in [7, 11) is 0.221. The van der Waals surface area contributed by atoms with Gasteiger partial charge in [-0.25, -0.2) is 0 Å². The molecule has 0 saturated carbocycles. The minimum Gasteiger partial charge on any atom is -0.0622 e. The number of benzene rings is 4. The Kier molecular flexibility index (Phi) is 6.02. The van der Waals surface area contributed by atoms with E-state index in [0.29, 0.717) is 14.5 Å². The Bertz CT molecular complexity index is 1840. The third kappa shape index (κ3) is 3.62. The van der Waals surface area contributed by atoms with Crippen LogP contribution >= 0.6 is 16.5 Å². The quantitative estimate of drug-likeness (QED) is 0.211. The van der Waals surface area contributed by atoms with Crippen molar-refractivity contribution in [2.45, 2.75) is 27.7 Å². The van der Waals surface area contributed by atoms with E-state index >= 15 is 0 Å². The molecule has 4 aliphatic rings. The Balaban J connectivity index is 1.35. The summed E-state index contributed by atoms with van der Waals surface area (Å²) in [5, 5.41) is 6.60. The van der Waals surface area contributed by atoms with Crippen molar-refractivity contribution in [2.75, 3.05) is 6.16 Å². The van der Waals surface area contributed by atoms with E-state index in [4.69, 9.17) is 0 Å². The second-order valence-electron chi connectivity index (χ2n) is 12.9. The summed E-state index contributed by atoms with van der Waals surface area (Å²) in [6.07, 6.45) is 1.25. The maximum Gasteiger partial charge on any atom is 0.0209 e. The van der Waals surface area contributed by atoms with Gasteiger partial charge < -0.3 is 0 Å². The van der Waals surface area contributed by atoms with Crippen LogP contribution in [0, 0.1) is 16.7 Å². The van der Waals surface area contributed by atoms with E-state index in [-0.39, 0.29) is 10.8 Å². The lowest BCUT2D eigenvalue weighted by molar-refractivity contribution is 0.423. The van der Waals surface area contributed by atoms with Gasteiger partial charge in [-0.05, 0) is 79.9 Å². The first-order valence-electron chi connectivity index (χ1n) is 15.2. The van der Waals surface area contributed by atoms with Crippen molar-refractivity contribution in [1.82, 2.24) is 0 Å². The van der Waals surface area contributed by atoms with Crippen LogP contribution in [-0.2, 0) is 0 Å². The maximum atomic E-state index is 2.58. The minimum absolute atomic E-state index is 0.0212. The lowest BCUT2D eigenvalue weighted by Crippen LogP contribution is -2.31. The Hall–Kier alpha value is -3.30. The van der Waals surface area contributed by atoms with Gasteiger partial charge in [-0.1, -0.05) is 158 Å². The zero-order valence-corrected chi connectivity index (χ0v) is 26.7. The summed E-state index contributed by atoms with van der Waals surface area (Å²) < 4.78 is 0. The van der Waals surface area contributed by atoms with E-state index in [1.807, 2.05) is 0 Å². The standard InChI is InChI=1S/C40H36P2/c1-26-31(27-17-9-5-10-18-27)34(29-21-13-7-14-22-29)41-35-32(26)39(2,3)38-37(35)42-25-40(38,4)33(28-19-11-6-12-20-28)36(42)30-23-15-8-16-24-30/h5-24,26,41H,25H2,1-4H3/t26?,40-,42-/m0/s1. The molecule has 1 aliphatic carbocycles. The van der Waals surface area contributed by atoms with Crippen LogP contribution in [-0.4, -0.2) is 6.16 Å². The Morgan fingerprint density at radius 2 is 1.10 bits per heavy atom. The van der Waals surface area contributed by atoms with Gasteiger partial charge in [-0.2, -0.15) is 0 Å². The van der Waals surface area contributed by atoms with Crippen LogP contribution in [0.25, 0.3) is 21.8 Å². The predicted octanol–water partition coefficient (Wildman–Crippen LogP) is 11.5. The van der Waals surface area contributed by atoms with Crippen LogP contribution in [0.4, 0.5) is 0 Å². The molecule has 4 aromatic rings. The van der Waals surface area contributed by atoms with Gasteiger partial charge in [-0.3, -0.25) is 0 Å². The highest BCUT2D eigenvalue weighted by molar-refractivity contribution is 7.75. The van der Waals surface area contributed by atoms with Gasteiger partial charge in [0, 0.05) is 16.7 Å². The molecule has 0 nitrogen and oxygen atoms in total. The molecule has 0 radical (unpaired) electrons. The molecule has 4 aromatic carbocycles. The molecule has 0 spiro atoms. The molecular weight excluding hydrogens is 542 g/mol. The van der Waals surface area contributed by atoms with Crippen molar-refractivity contribution >= 4 is 38.3 Å². The number of allylic oxidation sites excluding steroid dienone is 6. The van der Waals surface area contributed by atoms with Gasteiger partial charge in [0.2, 0.25) is 0 Å². The second-order valence-corrected chi connectivity index (χ2v) is 16.2. The molecule has 3 heterocycles. The van der Waals surface area contributed by atoms with Crippen LogP contribution in [0.1, 0.15) is 49.9 Å². The molecule has 2 bridgehead atoms. The second kappa shape index (κ2) is 9.61. The topological polar surface area (TPSA) is 0 Å². The number of fused-ring (bicyclic) bond motifs is 5. The van der Waals surface area contributed by atoms with Gasteiger partial charge in [-0.15, -0.1) is 0 Å². The monoisotopic (exact) mass is 578 g/mol. The molecule has 8 rings (SSSR count). The molecule has 0 saturated heterocycles. The SMILES string of the molecule is CC1C(c2ccccc2)=C(c2ccccc2)PC2=C1C(C)(C)C1=C2[P@@]2C[C@@]1(C)C(c1ccccc1)=C2c1ccccc1. The predicted molar refractivity (Wildman–Crippen MR) is 185 cm³/mol. The number of rotatable bonds is 4. The molecule has 2 unspecified atom stereocenters. The molecule has 4 atom stereocenters. The van der Waals surface area contributed by atoms with Crippen molar-refractivity contribution in [3.8, 4) is 0 Å². The lowest BCUT2D eigenvalue weighted by Gasteiger charge is -2.42. The first-order valence-corrected chi connectivity index (χ1v) is 17.7. The van der Waals surface area contributed by atoms with Gasteiger partial charge in [0.1, 0.15) is 0 Å². The van der Waals surface area contributed by atoms with Crippen molar-refractivity contribution in [3.05, 3.63) is 165 Å². The molecular formula is C40H36P2. The third-order valence-corrected chi connectivity index (χ3v) is 14.8. The highest BCUT2D eigenvalue weighted by atomic mass is 31.1. The first kappa shape index (κ1) is 26.3. The van der Waals surface area contributed by atoms with Crippen LogP contribution in [0.15, 0.2) is 143 Å². The first-order chi connectivity index (χ1) is 20.4. The molecule has 3 aliphatic heterocycles. The fourth-order valence-corrected chi connectivity index (χ4v) is 15.0. The number of hydrogen-bond donors (Lipinski definition) is 0. The average Bonchev–Trinajstić information content (AvgIpc) is 3.60. The fraction of sp³-hybridized carbons (Fsp3) is 0.200. The summed E-state index contributed by atoms with van der Waals surface area (Å²) in [6, 6.07) is 45.0. The molecule has 206 valence electrons. The summed E-state index contributed by atoms with van der Waals surface area (Å²) in [6.45, 7) is 10.2. The maximum absolute atomic E-state index is 2.58. The molecule has 0 fully saturated rings. The average molecular weight is 579 g/mol. The Labute approximate surface area is 253 Å². The minimum atomic E-state index is -0.452. The van der Waals surface area contributed by atoms with Crippen LogP contribution in [0.2, 0.25) is 0 Å². The molecule has 2 heteroatoms. The summed E-state index contributed by atoms with van der Waals surface area (Å²) in [4.78, 5) is 0. The van der Waals surface area contributed by atoms with Gasteiger partial charge in [0.05, 0.1) is 0 Å². The van der Waals surface area contributed by atoms with Crippen LogP contribution < -0.4 is 0 Å². The summed E-state index contributed by atoms with van der Waals surface area (Å²) in [5.41, 5.74) is 12.2. The Morgan fingerprint density at radius 3 is 1.67 bits per heavy atom.